The highest BCUT2D eigenvalue weighted by molar-refractivity contribution is 5.69. The van der Waals surface area contributed by atoms with E-state index in [2.05, 4.69) is 44.2 Å². The van der Waals surface area contributed by atoms with E-state index < -0.39 is 0 Å². The van der Waals surface area contributed by atoms with Gasteiger partial charge in [0.25, 0.3) is 0 Å². The number of carbonyl (C=O) groups is 1. The lowest BCUT2D eigenvalue weighted by molar-refractivity contribution is -0.140. The summed E-state index contributed by atoms with van der Waals surface area (Å²) in [4.78, 5) is 11.4. The second-order valence-corrected chi connectivity index (χ2v) is 7.91. The first kappa shape index (κ1) is 25.6. The molecule has 0 amide bonds. The van der Waals surface area contributed by atoms with E-state index in [9.17, 15) is 4.79 Å². The number of ether oxygens (including phenoxy) is 4. The largest absolute Gasteiger partial charge is 0.493 e. The van der Waals surface area contributed by atoms with E-state index >= 15 is 0 Å². The quantitative estimate of drug-likeness (QED) is 0.252. The maximum Gasteiger partial charge on any atom is 0.305 e. The van der Waals surface area contributed by atoms with E-state index in [4.69, 9.17) is 18.9 Å². The van der Waals surface area contributed by atoms with Gasteiger partial charge in [0.05, 0.1) is 27.4 Å². The van der Waals surface area contributed by atoms with Gasteiger partial charge >= 0.3 is 5.97 Å². The third-order valence-electron chi connectivity index (χ3n) is 5.33. The van der Waals surface area contributed by atoms with Gasteiger partial charge in [-0.15, -0.1) is 0 Å². The van der Waals surface area contributed by atoms with E-state index in [-0.39, 0.29) is 5.97 Å². The number of rotatable bonds is 15. The van der Waals surface area contributed by atoms with Crippen molar-refractivity contribution in [2.24, 2.45) is 0 Å². The molecule has 0 atom stereocenters. The van der Waals surface area contributed by atoms with Crippen LogP contribution in [0.1, 0.15) is 62.6 Å². The Bertz CT molecular complexity index is 831. The Balaban J connectivity index is 1.98. The number of carbonyl (C=O) groups excluding carboxylic acids is 1. The Kier molecular flexibility index (Phi) is 11.5. The van der Waals surface area contributed by atoms with Crippen LogP contribution >= 0.6 is 0 Å². The Morgan fingerprint density at radius 1 is 0.750 bits per heavy atom. The summed E-state index contributed by atoms with van der Waals surface area (Å²) in [5, 5.41) is 0. The molecule has 0 heterocycles. The zero-order valence-corrected chi connectivity index (χ0v) is 20.1. The molecule has 0 fully saturated rings. The first-order valence-corrected chi connectivity index (χ1v) is 11.7. The standard InChI is InChI=1S/C27H38O5/c1-5-7-18-32-24-15-12-21(20-26(24)29-3)9-8-10-23-14-11-22(13-16-27(28)30-4)19-25(23)31-17-6-2/h11-12,14-15,19-20H,5-10,13,16-18H2,1-4H3. The first-order chi connectivity index (χ1) is 15.6. The molecule has 0 saturated carbocycles. The molecule has 0 radical (unpaired) electrons. The van der Waals surface area contributed by atoms with Crippen molar-refractivity contribution < 1.29 is 23.7 Å². The Hall–Kier alpha value is -2.69. The van der Waals surface area contributed by atoms with Crippen molar-refractivity contribution in [3.63, 3.8) is 0 Å². The molecule has 0 bridgehead atoms. The summed E-state index contributed by atoms with van der Waals surface area (Å²) < 4.78 is 22.1. The van der Waals surface area contributed by atoms with Crippen LogP contribution in [0.5, 0.6) is 17.2 Å². The molecule has 176 valence electrons. The summed E-state index contributed by atoms with van der Waals surface area (Å²) in [6.45, 7) is 5.65. The SMILES string of the molecule is CCCCOc1ccc(CCCc2ccc(CCC(=O)OC)cc2OCCC)cc1OC. The number of aryl methyl sites for hydroxylation is 3. The smallest absolute Gasteiger partial charge is 0.305 e. The van der Waals surface area contributed by atoms with Gasteiger partial charge in [-0.1, -0.05) is 38.5 Å². The highest BCUT2D eigenvalue weighted by Gasteiger charge is 2.10. The lowest BCUT2D eigenvalue weighted by Crippen LogP contribution is -2.04. The van der Waals surface area contributed by atoms with Gasteiger partial charge in [-0.2, -0.15) is 0 Å². The van der Waals surface area contributed by atoms with Crippen LogP contribution in [0.3, 0.4) is 0 Å². The maximum absolute atomic E-state index is 11.4. The second kappa shape index (κ2) is 14.4. The van der Waals surface area contributed by atoms with Crippen molar-refractivity contribution in [3.8, 4) is 17.2 Å². The van der Waals surface area contributed by atoms with Crippen molar-refractivity contribution >= 4 is 5.97 Å². The molecule has 0 aromatic heterocycles. The van der Waals surface area contributed by atoms with E-state index in [1.165, 1.54) is 18.2 Å². The topological polar surface area (TPSA) is 54.0 Å². The third-order valence-corrected chi connectivity index (χ3v) is 5.33. The van der Waals surface area contributed by atoms with Crippen LogP contribution < -0.4 is 14.2 Å². The van der Waals surface area contributed by atoms with E-state index in [0.717, 1.165) is 61.3 Å². The number of unbranched alkanes of at least 4 members (excludes halogenated alkanes) is 1. The van der Waals surface area contributed by atoms with Crippen LogP contribution in [-0.4, -0.2) is 33.4 Å². The van der Waals surface area contributed by atoms with E-state index in [0.29, 0.717) is 26.1 Å². The van der Waals surface area contributed by atoms with Crippen molar-refractivity contribution in [2.75, 3.05) is 27.4 Å². The summed E-state index contributed by atoms with van der Waals surface area (Å²) in [7, 11) is 3.11. The van der Waals surface area contributed by atoms with Gasteiger partial charge in [0.1, 0.15) is 5.75 Å². The van der Waals surface area contributed by atoms with Gasteiger partial charge < -0.3 is 18.9 Å². The van der Waals surface area contributed by atoms with Gasteiger partial charge in [0.15, 0.2) is 11.5 Å². The molecule has 5 nitrogen and oxygen atoms in total. The number of hydrogen-bond acceptors (Lipinski definition) is 5. The van der Waals surface area contributed by atoms with Gasteiger partial charge in [0.2, 0.25) is 0 Å². The lowest BCUT2D eigenvalue weighted by atomic mass is 10.0. The van der Waals surface area contributed by atoms with Crippen LogP contribution in [0.4, 0.5) is 0 Å². The Morgan fingerprint density at radius 3 is 2.19 bits per heavy atom. The molecule has 2 aromatic carbocycles. The van der Waals surface area contributed by atoms with Gasteiger partial charge in [-0.05, 0) is 73.4 Å². The molecular weight excluding hydrogens is 404 g/mol. The molecule has 0 aliphatic heterocycles. The average molecular weight is 443 g/mol. The summed E-state index contributed by atoms with van der Waals surface area (Å²) in [5.41, 5.74) is 3.52. The monoisotopic (exact) mass is 442 g/mol. The summed E-state index contributed by atoms with van der Waals surface area (Å²) in [6, 6.07) is 12.5. The van der Waals surface area contributed by atoms with Crippen LogP contribution in [0.15, 0.2) is 36.4 Å². The molecule has 0 unspecified atom stereocenters. The zero-order chi connectivity index (χ0) is 23.2. The number of methoxy groups -OCH3 is 2. The van der Waals surface area contributed by atoms with Crippen molar-refractivity contribution in [3.05, 3.63) is 53.1 Å². The molecule has 0 aliphatic carbocycles. The third kappa shape index (κ3) is 8.45. The second-order valence-electron chi connectivity index (χ2n) is 7.91. The van der Waals surface area contributed by atoms with Gasteiger partial charge in [-0.3, -0.25) is 4.79 Å². The van der Waals surface area contributed by atoms with E-state index in [1.54, 1.807) is 7.11 Å². The molecular formula is C27H38O5. The predicted molar refractivity (Wildman–Crippen MR) is 128 cm³/mol. The number of benzene rings is 2. The van der Waals surface area contributed by atoms with Gasteiger partial charge in [0, 0.05) is 6.42 Å². The summed E-state index contributed by atoms with van der Waals surface area (Å²) in [6.07, 6.45) is 7.01. The highest BCUT2D eigenvalue weighted by atomic mass is 16.5. The molecule has 5 heteroatoms. The zero-order valence-electron chi connectivity index (χ0n) is 20.1. The fourth-order valence-corrected chi connectivity index (χ4v) is 3.45. The maximum atomic E-state index is 11.4. The molecule has 32 heavy (non-hydrogen) atoms. The van der Waals surface area contributed by atoms with Crippen LogP contribution in [-0.2, 0) is 28.8 Å². The summed E-state index contributed by atoms with van der Waals surface area (Å²) in [5.74, 6) is 2.33. The molecule has 0 N–H and O–H groups in total. The summed E-state index contributed by atoms with van der Waals surface area (Å²) >= 11 is 0. The fourth-order valence-electron chi connectivity index (χ4n) is 3.45. The van der Waals surface area contributed by atoms with Crippen molar-refractivity contribution in [1.82, 2.24) is 0 Å². The average Bonchev–Trinajstić information content (AvgIpc) is 2.82. The molecule has 0 aliphatic rings. The Labute approximate surface area is 193 Å². The van der Waals surface area contributed by atoms with E-state index in [1.807, 2.05) is 6.07 Å². The molecule has 2 rings (SSSR count). The first-order valence-electron chi connectivity index (χ1n) is 11.7. The lowest BCUT2D eigenvalue weighted by Gasteiger charge is -2.14. The minimum Gasteiger partial charge on any atom is -0.493 e. The van der Waals surface area contributed by atoms with Gasteiger partial charge in [-0.25, -0.2) is 0 Å². The molecule has 0 saturated heterocycles. The van der Waals surface area contributed by atoms with Crippen LogP contribution in [0.2, 0.25) is 0 Å². The van der Waals surface area contributed by atoms with Crippen LogP contribution in [0.25, 0.3) is 0 Å². The fraction of sp³-hybridized carbons (Fsp3) is 0.519. The van der Waals surface area contributed by atoms with Crippen molar-refractivity contribution in [2.45, 2.75) is 65.2 Å². The molecule has 2 aromatic rings. The minimum absolute atomic E-state index is 0.192. The predicted octanol–water partition coefficient (Wildman–Crippen LogP) is 5.94. The number of hydrogen-bond donors (Lipinski definition) is 0. The van der Waals surface area contributed by atoms with Crippen molar-refractivity contribution in [1.29, 1.82) is 0 Å². The normalized spacial score (nSPS) is 10.6. The molecule has 0 spiro atoms. The number of esters is 1. The Morgan fingerprint density at radius 2 is 1.47 bits per heavy atom. The van der Waals surface area contributed by atoms with Crippen LogP contribution in [0, 0.1) is 0 Å². The minimum atomic E-state index is -0.192. The highest BCUT2D eigenvalue weighted by Crippen LogP contribution is 2.29.